The molecule has 2 unspecified atom stereocenters. The average Bonchev–Trinajstić information content (AvgIpc) is 3.02. The van der Waals surface area contributed by atoms with Gasteiger partial charge in [-0.05, 0) is 70.8 Å². The fourth-order valence-corrected chi connectivity index (χ4v) is 6.36. The van der Waals surface area contributed by atoms with E-state index >= 15 is 0 Å². The highest BCUT2D eigenvalue weighted by atomic mass is 32.2. The number of nitro benzene ring substituents is 2. The molecule has 0 radical (unpaired) electrons. The standard InChI is InChI=1S/C32H28N2O8S/c1-41-29-17-9-25(10-18-29)31(21-7-23-3-13-27(14-4-23)33(35)36)43(39,40)32(26-11-19-30(42-2)20-12-26)22-8-24-5-15-28(16-6-24)34(37)38/h3-22,31-32H,1-2H3/b21-7+,22-8+. The number of hydrogen-bond acceptors (Lipinski definition) is 8. The Balaban J connectivity index is 1.81. The molecule has 0 spiro atoms. The molecule has 43 heavy (non-hydrogen) atoms. The normalized spacial score (nSPS) is 13.1. The second-order valence-electron chi connectivity index (χ2n) is 9.39. The lowest BCUT2D eigenvalue weighted by Gasteiger charge is -2.22. The van der Waals surface area contributed by atoms with E-state index in [2.05, 4.69) is 0 Å². The highest BCUT2D eigenvalue weighted by molar-refractivity contribution is 7.92. The van der Waals surface area contributed by atoms with Crippen molar-refractivity contribution in [1.82, 2.24) is 0 Å². The fraction of sp³-hybridized carbons (Fsp3) is 0.125. The van der Waals surface area contributed by atoms with Gasteiger partial charge >= 0.3 is 0 Å². The Morgan fingerprint density at radius 2 is 0.907 bits per heavy atom. The lowest BCUT2D eigenvalue weighted by atomic mass is 10.1. The summed E-state index contributed by atoms with van der Waals surface area (Å²) in [6.45, 7) is 0. The predicted octanol–water partition coefficient (Wildman–Crippen LogP) is 7.14. The van der Waals surface area contributed by atoms with E-state index in [4.69, 9.17) is 9.47 Å². The van der Waals surface area contributed by atoms with Gasteiger partial charge < -0.3 is 9.47 Å². The summed E-state index contributed by atoms with van der Waals surface area (Å²) < 4.78 is 39.6. The van der Waals surface area contributed by atoms with Gasteiger partial charge in [0.05, 0.1) is 24.1 Å². The third-order valence-corrected chi connectivity index (χ3v) is 9.01. The highest BCUT2D eigenvalue weighted by Crippen LogP contribution is 2.38. The van der Waals surface area contributed by atoms with Crippen LogP contribution in [0.1, 0.15) is 32.8 Å². The minimum Gasteiger partial charge on any atom is -0.497 e. The Morgan fingerprint density at radius 1 is 0.581 bits per heavy atom. The van der Waals surface area contributed by atoms with Gasteiger partial charge in [0.2, 0.25) is 0 Å². The maximum absolute atomic E-state index is 14.5. The van der Waals surface area contributed by atoms with Crippen molar-refractivity contribution in [2.75, 3.05) is 14.2 Å². The van der Waals surface area contributed by atoms with Crippen LogP contribution in [0.5, 0.6) is 11.5 Å². The molecule has 0 aliphatic heterocycles. The summed E-state index contributed by atoms with van der Waals surface area (Å²) in [7, 11) is -1.03. The van der Waals surface area contributed by atoms with Gasteiger partial charge in [-0.3, -0.25) is 20.2 Å². The summed E-state index contributed by atoms with van der Waals surface area (Å²) in [5.41, 5.74) is 1.99. The molecule has 220 valence electrons. The number of non-ortho nitro benzene ring substituents is 2. The SMILES string of the molecule is COc1ccc(C(/C=C/c2ccc([N+](=O)[O-])cc2)S(=O)(=O)C(/C=C/c2ccc([N+](=O)[O-])cc2)c2ccc(OC)cc2)cc1. The molecule has 0 heterocycles. The lowest BCUT2D eigenvalue weighted by molar-refractivity contribution is -0.385. The number of hydrogen-bond donors (Lipinski definition) is 0. The van der Waals surface area contributed by atoms with E-state index in [0.717, 1.165) is 0 Å². The molecule has 0 aliphatic carbocycles. The van der Waals surface area contributed by atoms with Gasteiger partial charge in [-0.15, -0.1) is 0 Å². The topological polar surface area (TPSA) is 139 Å². The molecule has 4 aromatic rings. The van der Waals surface area contributed by atoms with Gasteiger partial charge in [0.1, 0.15) is 22.0 Å². The van der Waals surface area contributed by atoms with Crippen molar-refractivity contribution in [3.8, 4) is 11.5 Å². The number of rotatable bonds is 12. The number of benzene rings is 4. The maximum Gasteiger partial charge on any atom is 0.269 e. The summed E-state index contributed by atoms with van der Waals surface area (Å²) in [6.07, 6.45) is 6.33. The van der Waals surface area contributed by atoms with Crippen LogP contribution in [0.4, 0.5) is 11.4 Å². The summed E-state index contributed by atoms with van der Waals surface area (Å²) in [6, 6.07) is 25.0. The zero-order chi connectivity index (χ0) is 31.0. The zero-order valence-corrected chi connectivity index (χ0v) is 24.1. The Bertz CT molecular complexity index is 1610. The number of ether oxygens (including phenoxy) is 2. The van der Waals surface area contributed by atoms with Crippen LogP contribution in [0.3, 0.4) is 0 Å². The van der Waals surface area contributed by atoms with Crippen LogP contribution < -0.4 is 9.47 Å². The zero-order valence-electron chi connectivity index (χ0n) is 23.3. The van der Waals surface area contributed by atoms with Crippen molar-refractivity contribution in [3.63, 3.8) is 0 Å². The van der Waals surface area contributed by atoms with E-state index in [-0.39, 0.29) is 11.4 Å². The van der Waals surface area contributed by atoms with Crippen LogP contribution in [0.25, 0.3) is 12.2 Å². The van der Waals surface area contributed by atoms with Gasteiger partial charge in [0.25, 0.3) is 11.4 Å². The average molecular weight is 601 g/mol. The Kier molecular flexibility index (Phi) is 9.68. The summed E-state index contributed by atoms with van der Waals surface area (Å²) in [4.78, 5) is 21.1. The van der Waals surface area contributed by atoms with Crippen molar-refractivity contribution in [3.05, 3.63) is 152 Å². The number of nitro groups is 2. The van der Waals surface area contributed by atoms with Crippen molar-refractivity contribution >= 4 is 33.4 Å². The molecule has 0 saturated heterocycles. The largest absolute Gasteiger partial charge is 0.497 e. The highest BCUT2D eigenvalue weighted by Gasteiger charge is 2.33. The summed E-state index contributed by atoms with van der Waals surface area (Å²) in [5.74, 6) is 1.12. The molecule has 0 N–H and O–H groups in total. The molecule has 0 aromatic heterocycles. The van der Waals surface area contributed by atoms with E-state index in [0.29, 0.717) is 33.8 Å². The van der Waals surface area contributed by atoms with Crippen molar-refractivity contribution in [2.45, 2.75) is 10.5 Å². The number of nitrogens with zero attached hydrogens (tertiary/aromatic N) is 2. The van der Waals surface area contributed by atoms with Crippen LogP contribution >= 0.6 is 0 Å². The molecule has 0 bridgehead atoms. The van der Waals surface area contributed by atoms with Gasteiger partial charge in [-0.25, -0.2) is 8.42 Å². The quantitative estimate of drug-likeness (QED) is 0.123. The van der Waals surface area contributed by atoms with Crippen molar-refractivity contribution in [2.24, 2.45) is 0 Å². The van der Waals surface area contributed by atoms with E-state index in [1.165, 1.54) is 38.5 Å². The first-order valence-electron chi connectivity index (χ1n) is 13.0. The molecule has 10 nitrogen and oxygen atoms in total. The second-order valence-corrected chi connectivity index (χ2v) is 11.6. The minimum absolute atomic E-state index is 0.0765. The van der Waals surface area contributed by atoms with Crippen LogP contribution in [0.2, 0.25) is 0 Å². The monoisotopic (exact) mass is 600 g/mol. The molecule has 0 amide bonds. The summed E-state index contributed by atoms with van der Waals surface area (Å²) >= 11 is 0. The first-order chi connectivity index (χ1) is 20.6. The molecule has 4 rings (SSSR count). The maximum atomic E-state index is 14.5. The van der Waals surface area contributed by atoms with Crippen LogP contribution in [-0.4, -0.2) is 32.5 Å². The van der Waals surface area contributed by atoms with E-state index in [1.54, 1.807) is 97.1 Å². The molecule has 0 saturated carbocycles. The van der Waals surface area contributed by atoms with Gasteiger partial charge in [-0.2, -0.15) is 0 Å². The van der Waals surface area contributed by atoms with Crippen LogP contribution in [0, 0.1) is 20.2 Å². The van der Waals surface area contributed by atoms with Gasteiger partial charge in [-0.1, -0.05) is 48.6 Å². The fourth-order valence-electron chi connectivity index (χ4n) is 4.38. The smallest absolute Gasteiger partial charge is 0.269 e. The minimum atomic E-state index is -4.06. The third kappa shape index (κ3) is 7.52. The number of sulfone groups is 1. The molecule has 4 aromatic carbocycles. The Morgan fingerprint density at radius 3 is 1.19 bits per heavy atom. The van der Waals surface area contributed by atoms with Gasteiger partial charge in [0.15, 0.2) is 9.84 Å². The molecule has 0 aliphatic rings. The first kappa shape index (κ1) is 30.7. The van der Waals surface area contributed by atoms with E-state index in [1.807, 2.05) is 0 Å². The predicted molar refractivity (Wildman–Crippen MR) is 165 cm³/mol. The van der Waals surface area contributed by atoms with E-state index < -0.39 is 30.2 Å². The molecular weight excluding hydrogens is 572 g/mol. The van der Waals surface area contributed by atoms with Crippen LogP contribution in [-0.2, 0) is 9.84 Å². The molecule has 0 fully saturated rings. The van der Waals surface area contributed by atoms with Gasteiger partial charge in [0, 0.05) is 24.3 Å². The molecule has 2 atom stereocenters. The molecular formula is C32H28N2O8S. The second kappa shape index (κ2) is 13.6. The number of methoxy groups -OCH3 is 2. The lowest BCUT2D eigenvalue weighted by Crippen LogP contribution is -2.19. The third-order valence-electron chi connectivity index (χ3n) is 6.73. The summed E-state index contributed by atoms with van der Waals surface area (Å²) in [5, 5.41) is 19.9. The molecule has 11 heteroatoms. The van der Waals surface area contributed by atoms with Crippen molar-refractivity contribution in [1.29, 1.82) is 0 Å². The Labute approximate surface area is 248 Å². The van der Waals surface area contributed by atoms with E-state index in [9.17, 15) is 28.6 Å². The van der Waals surface area contributed by atoms with Crippen molar-refractivity contribution < 1.29 is 27.7 Å². The van der Waals surface area contributed by atoms with Crippen LogP contribution in [0.15, 0.2) is 109 Å². The first-order valence-corrected chi connectivity index (χ1v) is 14.6. The Hall–Kier alpha value is -5.29.